The van der Waals surface area contributed by atoms with Crippen LogP contribution in [0.4, 0.5) is 10.1 Å². The number of nitrogens with two attached hydrogens (primary N) is 1. The van der Waals surface area contributed by atoms with E-state index in [0.717, 1.165) is 17.0 Å². The summed E-state index contributed by atoms with van der Waals surface area (Å²) in [7, 11) is 0. The number of carboxylic acid groups (broad SMARTS) is 1. The van der Waals surface area contributed by atoms with Crippen molar-refractivity contribution in [3.05, 3.63) is 39.7 Å². The number of non-ortho nitro benzene ring substituents is 1. The van der Waals surface area contributed by atoms with E-state index in [4.69, 9.17) is 10.8 Å². The van der Waals surface area contributed by atoms with E-state index in [1.807, 2.05) is 0 Å². The Labute approximate surface area is 118 Å². The van der Waals surface area contributed by atoms with E-state index in [2.05, 4.69) is 0 Å². The van der Waals surface area contributed by atoms with E-state index in [1.54, 1.807) is 0 Å². The summed E-state index contributed by atoms with van der Waals surface area (Å²) in [5, 5.41) is 19.6. The van der Waals surface area contributed by atoms with Crippen molar-refractivity contribution >= 4 is 17.6 Å². The molecule has 1 aliphatic rings. The number of nitro benzene ring substituents is 1. The quantitative estimate of drug-likeness (QED) is 0.612. The van der Waals surface area contributed by atoms with Gasteiger partial charge in [-0.25, -0.2) is 4.39 Å². The molecule has 0 aromatic heterocycles. The molecule has 0 saturated carbocycles. The van der Waals surface area contributed by atoms with E-state index >= 15 is 0 Å². The zero-order chi connectivity index (χ0) is 15.8. The first-order valence-corrected chi connectivity index (χ1v) is 5.99. The average molecular weight is 297 g/mol. The van der Waals surface area contributed by atoms with Gasteiger partial charge in [0.25, 0.3) is 11.6 Å². The highest BCUT2D eigenvalue weighted by atomic mass is 19.1. The van der Waals surface area contributed by atoms with Crippen LogP contribution in [0.2, 0.25) is 0 Å². The number of hydrogen-bond donors (Lipinski definition) is 2. The molecule has 21 heavy (non-hydrogen) atoms. The van der Waals surface area contributed by atoms with Gasteiger partial charge in [-0.3, -0.25) is 19.7 Å². The van der Waals surface area contributed by atoms with Gasteiger partial charge in [0.2, 0.25) is 0 Å². The fourth-order valence-corrected chi connectivity index (χ4v) is 2.17. The molecule has 1 saturated heterocycles. The summed E-state index contributed by atoms with van der Waals surface area (Å²) in [5.74, 6) is -2.84. The Kier molecular flexibility index (Phi) is 3.60. The second kappa shape index (κ2) is 5.09. The summed E-state index contributed by atoms with van der Waals surface area (Å²) < 4.78 is 13.3. The zero-order valence-corrected chi connectivity index (χ0v) is 10.8. The Balaban J connectivity index is 2.26. The van der Waals surface area contributed by atoms with Crippen LogP contribution in [-0.4, -0.2) is 45.4 Å². The normalized spacial score (nSPS) is 21.3. The molecule has 1 fully saturated rings. The van der Waals surface area contributed by atoms with Gasteiger partial charge in [0.15, 0.2) is 0 Å². The predicted octanol–water partition coefficient (Wildman–Crippen LogP) is 0.362. The molecule has 112 valence electrons. The van der Waals surface area contributed by atoms with Crippen LogP contribution in [0.1, 0.15) is 16.8 Å². The van der Waals surface area contributed by atoms with Gasteiger partial charge in [-0.15, -0.1) is 0 Å². The maximum Gasteiger partial charge on any atom is 0.325 e. The molecule has 1 aromatic carbocycles. The van der Waals surface area contributed by atoms with Crippen molar-refractivity contribution in [2.24, 2.45) is 5.73 Å². The molecule has 3 N–H and O–H groups in total. The van der Waals surface area contributed by atoms with Gasteiger partial charge < -0.3 is 15.7 Å². The number of benzene rings is 1. The summed E-state index contributed by atoms with van der Waals surface area (Å²) >= 11 is 0. The summed E-state index contributed by atoms with van der Waals surface area (Å²) in [6.07, 6.45) is 0.0610. The van der Waals surface area contributed by atoms with Gasteiger partial charge in [0, 0.05) is 24.7 Å². The minimum atomic E-state index is -1.55. The maximum absolute atomic E-state index is 13.3. The largest absolute Gasteiger partial charge is 0.480 e. The fraction of sp³-hybridized carbons (Fsp3) is 0.333. The van der Waals surface area contributed by atoms with E-state index in [0.29, 0.717) is 6.07 Å². The van der Waals surface area contributed by atoms with Crippen LogP contribution in [0.5, 0.6) is 0 Å². The number of carbonyl (C=O) groups excluding carboxylic acids is 1. The average Bonchev–Trinajstić information content (AvgIpc) is 2.81. The monoisotopic (exact) mass is 297 g/mol. The Morgan fingerprint density at radius 3 is 2.62 bits per heavy atom. The van der Waals surface area contributed by atoms with E-state index in [1.165, 1.54) is 0 Å². The SMILES string of the molecule is NC1(C(=O)O)CCN(C(=O)c2cc(F)cc([N+](=O)[O-])c2)C1. The number of aliphatic carboxylic acids is 1. The number of nitro groups is 1. The summed E-state index contributed by atoms with van der Waals surface area (Å²) in [5.41, 5.74) is 3.34. The molecular formula is C12H12FN3O5. The van der Waals surface area contributed by atoms with Crippen LogP contribution in [-0.2, 0) is 4.79 Å². The van der Waals surface area contributed by atoms with Crippen LogP contribution < -0.4 is 5.73 Å². The second-order valence-electron chi connectivity index (χ2n) is 4.89. The van der Waals surface area contributed by atoms with Crippen LogP contribution in [0.25, 0.3) is 0 Å². The molecule has 1 unspecified atom stereocenters. The van der Waals surface area contributed by atoms with E-state index < -0.39 is 33.8 Å². The molecule has 1 amide bonds. The van der Waals surface area contributed by atoms with Crippen LogP contribution >= 0.6 is 0 Å². The summed E-state index contributed by atoms with van der Waals surface area (Å²) in [4.78, 5) is 34.2. The molecular weight excluding hydrogens is 285 g/mol. The minimum Gasteiger partial charge on any atom is -0.480 e. The lowest BCUT2D eigenvalue weighted by atomic mass is 10.0. The molecule has 1 atom stereocenters. The van der Waals surface area contributed by atoms with Gasteiger partial charge >= 0.3 is 5.97 Å². The summed E-state index contributed by atoms with van der Waals surface area (Å²) in [6, 6.07) is 2.51. The van der Waals surface area contributed by atoms with Crippen molar-refractivity contribution in [1.29, 1.82) is 0 Å². The first kappa shape index (κ1) is 14.9. The highest BCUT2D eigenvalue weighted by Gasteiger charge is 2.43. The lowest BCUT2D eigenvalue weighted by Gasteiger charge is -2.20. The first-order valence-electron chi connectivity index (χ1n) is 5.99. The lowest BCUT2D eigenvalue weighted by molar-refractivity contribution is -0.385. The smallest absolute Gasteiger partial charge is 0.325 e. The topological polar surface area (TPSA) is 127 Å². The molecule has 1 aromatic rings. The Morgan fingerprint density at radius 1 is 1.43 bits per heavy atom. The zero-order valence-electron chi connectivity index (χ0n) is 10.8. The number of amides is 1. The molecule has 0 bridgehead atoms. The highest BCUT2D eigenvalue weighted by Crippen LogP contribution is 2.23. The second-order valence-corrected chi connectivity index (χ2v) is 4.89. The number of nitrogens with zero attached hydrogens (tertiary/aromatic N) is 2. The van der Waals surface area contributed by atoms with Gasteiger partial charge in [-0.05, 0) is 12.5 Å². The number of rotatable bonds is 3. The minimum absolute atomic E-state index is 0.0610. The molecule has 1 aliphatic heterocycles. The standard InChI is InChI=1S/C12H12FN3O5/c13-8-3-7(4-9(5-8)16(20)21)10(17)15-2-1-12(14,6-15)11(18)19/h3-5H,1-2,6,14H2,(H,18,19). The number of halogens is 1. The number of likely N-dealkylation sites (tertiary alicyclic amines) is 1. The van der Waals surface area contributed by atoms with E-state index in [9.17, 15) is 24.1 Å². The van der Waals surface area contributed by atoms with Crippen LogP contribution in [0.15, 0.2) is 18.2 Å². The third kappa shape index (κ3) is 2.82. The Morgan fingerprint density at radius 2 is 2.10 bits per heavy atom. The lowest BCUT2D eigenvalue weighted by Crippen LogP contribution is -2.50. The fourth-order valence-electron chi connectivity index (χ4n) is 2.17. The van der Waals surface area contributed by atoms with Gasteiger partial charge in [0.1, 0.15) is 11.4 Å². The van der Waals surface area contributed by atoms with Crippen molar-refractivity contribution in [2.45, 2.75) is 12.0 Å². The van der Waals surface area contributed by atoms with Gasteiger partial charge in [0.05, 0.1) is 11.0 Å². The summed E-state index contributed by atoms with van der Waals surface area (Å²) in [6.45, 7) is -0.141. The van der Waals surface area contributed by atoms with Gasteiger partial charge in [-0.1, -0.05) is 0 Å². The highest BCUT2D eigenvalue weighted by molar-refractivity contribution is 5.96. The molecule has 2 rings (SSSR count). The van der Waals surface area contributed by atoms with Crippen molar-refractivity contribution in [3.63, 3.8) is 0 Å². The molecule has 0 spiro atoms. The molecule has 8 nitrogen and oxygen atoms in total. The molecule has 1 heterocycles. The van der Waals surface area contributed by atoms with Crippen molar-refractivity contribution in [1.82, 2.24) is 4.90 Å². The maximum atomic E-state index is 13.3. The number of carboxylic acids is 1. The first-order chi connectivity index (χ1) is 9.73. The predicted molar refractivity (Wildman–Crippen MR) is 68.1 cm³/mol. The third-order valence-electron chi connectivity index (χ3n) is 3.35. The molecule has 0 radical (unpaired) electrons. The van der Waals surface area contributed by atoms with Crippen molar-refractivity contribution in [3.8, 4) is 0 Å². The van der Waals surface area contributed by atoms with Crippen molar-refractivity contribution in [2.75, 3.05) is 13.1 Å². The molecule has 9 heteroatoms. The third-order valence-corrected chi connectivity index (χ3v) is 3.35. The number of carbonyl (C=O) groups is 2. The Hall–Kier alpha value is -2.55. The van der Waals surface area contributed by atoms with Crippen LogP contribution in [0, 0.1) is 15.9 Å². The Bertz CT molecular complexity index is 635. The number of hydrogen-bond acceptors (Lipinski definition) is 5. The van der Waals surface area contributed by atoms with Crippen LogP contribution in [0.3, 0.4) is 0 Å². The van der Waals surface area contributed by atoms with E-state index in [-0.39, 0.29) is 25.1 Å². The van der Waals surface area contributed by atoms with Gasteiger partial charge in [-0.2, -0.15) is 0 Å². The molecule has 0 aliphatic carbocycles. The van der Waals surface area contributed by atoms with Crippen molar-refractivity contribution < 1.29 is 24.0 Å².